The molecule has 1 saturated heterocycles. The third kappa shape index (κ3) is 4.09. The molecule has 0 spiro atoms. The Bertz CT molecular complexity index is 802. The van der Waals surface area contributed by atoms with E-state index in [1.807, 2.05) is 0 Å². The van der Waals surface area contributed by atoms with Crippen LogP contribution < -0.4 is 11.2 Å². The number of H-pyrrole nitrogens is 1. The zero-order valence-electron chi connectivity index (χ0n) is 16.4. The minimum absolute atomic E-state index is 0.137. The maximum Gasteiger partial charge on any atom is 0.330 e. The number of aryl methyl sites for hydroxylation is 1. The molecule has 1 aromatic rings. The Morgan fingerprint density at radius 2 is 2.11 bits per heavy atom. The molecule has 0 aromatic carbocycles. The molecular weight excluding hydrogens is 368 g/mol. The number of rotatable bonds is 8. The molecule has 3 N–H and O–H groups in total. The Labute approximate surface area is 159 Å². The maximum atomic E-state index is 12.7. The van der Waals surface area contributed by atoms with Crippen molar-refractivity contribution in [3.8, 4) is 0 Å². The maximum absolute atomic E-state index is 12.7. The quantitative estimate of drug-likeness (QED) is 0.569. The lowest BCUT2D eigenvalue weighted by molar-refractivity contribution is -0.139. The van der Waals surface area contributed by atoms with E-state index in [1.165, 1.54) is 10.8 Å². The van der Waals surface area contributed by atoms with E-state index in [2.05, 4.69) is 25.0 Å². The second-order valence-electron chi connectivity index (χ2n) is 8.11. The number of nitrogens with one attached hydrogen (secondary N) is 1. The molecular formula is C18H30N2O6Si. The number of carbonyl (C=O) groups is 1. The van der Waals surface area contributed by atoms with Crippen LogP contribution in [0.5, 0.6) is 0 Å². The molecule has 27 heavy (non-hydrogen) atoms. The van der Waals surface area contributed by atoms with E-state index >= 15 is 0 Å². The van der Waals surface area contributed by atoms with E-state index in [9.17, 15) is 24.6 Å². The van der Waals surface area contributed by atoms with Crippen molar-refractivity contribution >= 4 is 14.0 Å². The lowest BCUT2D eigenvalue weighted by Crippen LogP contribution is -2.60. The Balaban J connectivity index is 2.64. The lowest BCUT2D eigenvalue weighted by atomic mass is 9.97. The van der Waals surface area contributed by atoms with E-state index in [0.29, 0.717) is 12.0 Å². The highest BCUT2D eigenvalue weighted by atomic mass is 28.3. The van der Waals surface area contributed by atoms with Gasteiger partial charge in [0.25, 0.3) is 5.56 Å². The molecule has 1 fully saturated rings. The van der Waals surface area contributed by atoms with Crippen LogP contribution in [0, 0.1) is 12.8 Å². The fourth-order valence-electron chi connectivity index (χ4n) is 4.06. The molecule has 1 aliphatic rings. The fraction of sp³-hybridized carbons (Fsp3) is 0.722. The Morgan fingerprint density at radius 3 is 2.67 bits per heavy atom. The van der Waals surface area contributed by atoms with Crippen LogP contribution in [0.4, 0.5) is 0 Å². The minimum Gasteiger partial charge on any atom is -0.481 e. The number of aromatic amines is 1. The second-order valence-corrected chi connectivity index (χ2v) is 13.2. The van der Waals surface area contributed by atoms with Crippen LogP contribution in [0.15, 0.2) is 15.8 Å². The van der Waals surface area contributed by atoms with Gasteiger partial charge in [-0.15, -0.1) is 0 Å². The molecule has 3 atom stereocenters. The predicted octanol–water partition coefficient (Wildman–Crippen LogP) is 1.42. The monoisotopic (exact) mass is 398 g/mol. The molecule has 152 valence electrons. The van der Waals surface area contributed by atoms with Crippen LogP contribution in [0.1, 0.15) is 38.2 Å². The summed E-state index contributed by atoms with van der Waals surface area (Å²) in [7, 11) is -2.29. The molecule has 2 rings (SSSR count). The zero-order chi connectivity index (χ0) is 20.4. The van der Waals surface area contributed by atoms with Crippen molar-refractivity contribution in [2.75, 3.05) is 6.61 Å². The van der Waals surface area contributed by atoms with Gasteiger partial charge in [0.15, 0.2) is 0 Å². The number of aliphatic carboxylic acids is 1. The number of aliphatic hydroxyl groups is 1. The van der Waals surface area contributed by atoms with Crippen LogP contribution in [0.3, 0.4) is 0 Å². The van der Waals surface area contributed by atoms with E-state index in [4.69, 9.17) is 4.74 Å². The van der Waals surface area contributed by atoms with Crippen molar-refractivity contribution in [3.63, 3.8) is 0 Å². The highest BCUT2D eigenvalue weighted by Gasteiger charge is 2.57. The Kier molecular flexibility index (Phi) is 6.49. The summed E-state index contributed by atoms with van der Waals surface area (Å²) in [4.78, 5) is 38.2. The summed E-state index contributed by atoms with van der Waals surface area (Å²) >= 11 is 0. The Hall–Kier alpha value is -1.71. The highest BCUT2D eigenvalue weighted by Crippen LogP contribution is 2.47. The average Bonchev–Trinajstić information content (AvgIpc) is 2.95. The van der Waals surface area contributed by atoms with Crippen LogP contribution in [0.25, 0.3) is 0 Å². The van der Waals surface area contributed by atoms with Gasteiger partial charge in [-0.3, -0.25) is 19.1 Å². The summed E-state index contributed by atoms with van der Waals surface area (Å²) < 4.78 is 7.78. The fourth-order valence-corrected chi connectivity index (χ4v) is 7.79. The number of aromatic nitrogens is 2. The van der Waals surface area contributed by atoms with Gasteiger partial charge in [0.05, 0.1) is 19.1 Å². The van der Waals surface area contributed by atoms with Crippen molar-refractivity contribution in [1.29, 1.82) is 0 Å². The number of aliphatic hydroxyl groups excluding tert-OH is 1. The average molecular weight is 399 g/mol. The third-order valence-corrected chi connectivity index (χ3v) is 10.0. The SMILES string of the molecule is CCCC[Si](C)(C)[C@]1(n2cc(C)c(=O)[nH]c2=O)CC(CC(=O)O)[C@@H](CO)O1. The van der Waals surface area contributed by atoms with E-state index in [1.54, 1.807) is 6.92 Å². The topological polar surface area (TPSA) is 122 Å². The van der Waals surface area contributed by atoms with Crippen LogP contribution >= 0.6 is 0 Å². The summed E-state index contributed by atoms with van der Waals surface area (Å²) in [6.07, 6.45) is 3.01. The smallest absolute Gasteiger partial charge is 0.330 e. The van der Waals surface area contributed by atoms with Gasteiger partial charge < -0.3 is 14.9 Å². The molecule has 1 aliphatic heterocycles. The van der Waals surface area contributed by atoms with Crippen molar-refractivity contribution in [3.05, 3.63) is 32.6 Å². The van der Waals surface area contributed by atoms with Gasteiger partial charge >= 0.3 is 11.7 Å². The molecule has 0 amide bonds. The van der Waals surface area contributed by atoms with Crippen molar-refractivity contribution < 1.29 is 19.7 Å². The molecule has 0 aliphatic carbocycles. The highest BCUT2D eigenvalue weighted by molar-refractivity contribution is 6.79. The van der Waals surface area contributed by atoms with E-state index in [-0.39, 0.29) is 13.0 Å². The first-order valence-electron chi connectivity index (χ1n) is 9.41. The summed E-state index contributed by atoms with van der Waals surface area (Å²) in [6, 6.07) is 0.881. The summed E-state index contributed by atoms with van der Waals surface area (Å²) in [5.41, 5.74) is -0.617. The number of hydrogen-bond donors (Lipinski definition) is 3. The van der Waals surface area contributed by atoms with Gasteiger partial charge in [0.2, 0.25) is 0 Å². The summed E-state index contributed by atoms with van der Waals surface area (Å²) in [5, 5.41) is 18.0. The molecule has 1 aromatic heterocycles. The van der Waals surface area contributed by atoms with Crippen LogP contribution in [-0.2, 0) is 14.9 Å². The molecule has 1 unspecified atom stereocenters. The zero-order valence-corrected chi connectivity index (χ0v) is 17.4. The molecule has 0 saturated carbocycles. The largest absolute Gasteiger partial charge is 0.481 e. The summed E-state index contributed by atoms with van der Waals surface area (Å²) in [5.74, 6) is -1.36. The molecule has 8 nitrogen and oxygen atoms in total. The van der Waals surface area contributed by atoms with Gasteiger partial charge in [-0.05, 0) is 13.3 Å². The molecule has 2 heterocycles. The van der Waals surface area contributed by atoms with Crippen molar-refractivity contribution in [1.82, 2.24) is 9.55 Å². The number of hydrogen-bond acceptors (Lipinski definition) is 5. The first-order chi connectivity index (χ1) is 12.6. The van der Waals surface area contributed by atoms with Gasteiger partial charge in [-0.2, -0.15) is 0 Å². The molecule has 9 heteroatoms. The lowest BCUT2D eigenvalue weighted by Gasteiger charge is -2.43. The first kappa shape index (κ1) is 21.6. The Morgan fingerprint density at radius 1 is 1.44 bits per heavy atom. The normalized spacial score (nSPS) is 25.7. The van der Waals surface area contributed by atoms with Crippen LogP contribution in [0.2, 0.25) is 19.1 Å². The summed E-state index contributed by atoms with van der Waals surface area (Å²) in [6.45, 7) is 7.64. The number of nitrogens with zero attached hydrogens (tertiary/aromatic N) is 1. The number of carboxylic acid groups (broad SMARTS) is 1. The van der Waals surface area contributed by atoms with Crippen molar-refractivity contribution in [2.24, 2.45) is 5.92 Å². The van der Waals surface area contributed by atoms with Crippen molar-refractivity contribution in [2.45, 2.75) is 70.1 Å². The van der Waals surface area contributed by atoms with Gasteiger partial charge in [0.1, 0.15) is 13.4 Å². The number of ether oxygens (including phenoxy) is 1. The third-order valence-electron chi connectivity index (χ3n) is 5.75. The second kappa shape index (κ2) is 8.11. The molecule has 0 radical (unpaired) electrons. The van der Waals surface area contributed by atoms with E-state index < -0.39 is 42.7 Å². The minimum atomic E-state index is -2.29. The van der Waals surface area contributed by atoms with Gasteiger partial charge in [-0.1, -0.05) is 38.9 Å². The molecule has 0 bridgehead atoms. The van der Waals surface area contributed by atoms with Gasteiger partial charge in [-0.25, -0.2) is 4.79 Å². The van der Waals surface area contributed by atoms with E-state index in [0.717, 1.165) is 18.9 Å². The predicted molar refractivity (Wildman–Crippen MR) is 104 cm³/mol. The number of unbranched alkanes of at least 4 members (excludes halogenated alkanes) is 1. The first-order valence-corrected chi connectivity index (χ1v) is 12.6. The standard InChI is InChI=1S/C18H30N2O6Si/c1-5-6-7-27(3,4)18(20-10-12(2)16(24)19-17(20)25)9-13(8-15(22)23)14(11-21)26-18/h10,13-14,21H,5-9,11H2,1-4H3,(H,22,23)(H,19,24,25)/t13?,14-,18+/m1/s1. The number of carboxylic acids is 1. The van der Waals surface area contributed by atoms with Crippen LogP contribution in [-0.4, -0.2) is 46.5 Å². The van der Waals surface area contributed by atoms with Gasteiger partial charge in [0, 0.05) is 17.7 Å².